The second kappa shape index (κ2) is 5.65. The summed E-state index contributed by atoms with van der Waals surface area (Å²) in [5.41, 5.74) is 9.36. The molecule has 104 valence electrons. The van der Waals surface area contributed by atoms with Gasteiger partial charge in [-0.2, -0.15) is 0 Å². The van der Waals surface area contributed by atoms with Gasteiger partial charge in [-0.3, -0.25) is 0 Å². The van der Waals surface area contributed by atoms with Crippen LogP contribution >= 0.6 is 0 Å². The third kappa shape index (κ3) is 2.74. The van der Waals surface area contributed by atoms with Gasteiger partial charge >= 0.3 is 5.97 Å². The average Bonchev–Trinajstić information content (AvgIpc) is 2.39. The molecule has 2 aromatic rings. The molecule has 0 aliphatic carbocycles. The number of nitrogens with zero attached hydrogens (tertiary/aromatic N) is 1. The maximum atomic E-state index is 11.0. The van der Waals surface area contributed by atoms with Gasteiger partial charge in [0, 0.05) is 23.6 Å². The number of nitrogens with two attached hydrogens (primary N) is 1. The van der Waals surface area contributed by atoms with Gasteiger partial charge in [-0.05, 0) is 49.7 Å². The molecule has 0 radical (unpaired) electrons. The Kier molecular flexibility index (Phi) is 3.94. The lowest BCUT2D eigenvalue weighted by molar-refractivity contribution is 0.0698. The summed E-state index contributed by atoms with van der Waals surface area (Å²) in [6.07, 6.45) is 0. The Hall–Kier alpha value is -2.49. The van der Waals surface area contributed by atoms with Crippen LogP contribution in [0.3, 0.4) is 0 Å². The van der Waals surface area contributed by atoms with Crippen LogP contribution in [0.2, 0.25) is 0 Å². The summed E-state index contributed by atoms with van der Waals surface area (Å²) in [4.78, 5) is 13.1. The van der Waals surface area contributed by atoms with Gasteiger partial charge in [-0.1, -0.05) is 12.1 Å². The Balaban J connectivity index is 2.42. The van der Waals surface area contributed by atoms with Crippen LogP contribution in [-0.4, -0.2) is 17.6 Å². The lowest BCUT2D eigenvalue weighted by Crippen LogP contribution is -2.16. The van der Waals surface area contributed by atoms with E-state index in [1.54, 1.807) is 18.2 Å². The fourth-order valence-corrected chi connectivity index (χ4v) is 2.22. The minimum absolute atomic E-state index is 0.133. The standard InChI is InChI=1S/C16H18N2O2/c1-3-18(12-6-4-5-11(2)9-12)13-7-8-14(16(19)20)15(17)10-13/h4-10H,3,17H2,1-2H3,(H,19,20). The first-order chi connectivity index (χ1) is 9.52. The van der Waals surface area contributed by atoms with Crippen molar-refractivity contribution in [2.75, 3.05) is 17.2 Å². The lowest BCUT2D eigenvalue weighted by atomic mass is 10.1. The van der Waals surface area contributed by atoms with Crippen molar-refractivity contribution in [2.45, 2.75) is 13.8 Å². The van der Waals surface area contributed by atoms with Gasteiger partial charge in [0.1, 0.15) is 0 Å². The number of nitrogen functional groups attached to an aromatic ring is 1. The van der Waals surface area contributed by atoms with E-state index in [0.717, 1.165) is 17.9 Å². The van der Waals surface area contributed by atoms with Gasteiger partial charge in [-0.25, -0.2) is 4.79 Å². The maximum absolute atomic E-state index is 11.0. The van der Waals surface area contributed by atoms with E-state index in [2.05, 4.69) is 11.0 Å². The van der Waals surface area contributed by atoms with Crippen molar-refractivity contribution < 1.29 is 9.90 Å². The number of carboxylic acids is 1. The second-order valence-corrected chi connectivity index (χ2v) is 4.66. The Labute approximate surface area is 118 Å². The van der Waals surface area contributed by atoms with Gasteiger partial charge in [-0.15, -0.1) is 0 Å². The van der Waals surface area contributed by atoms with E-state index >= 15 is 0 Å². The minimum atomic E-state index is -1.01. The molecule has 2 aromatic carbocycles. The molecule has 2 rings (SSSR count). The first-order valence-electron chi connectivity index (χ1n) is 6.50. The van der Waals surface area contributed by atoms with E-state index in [1.165, 1.54) is 5.56 Å². The predicted molar refractivity (Wildman–Crippen MR) is 81.7 cm³/mol. The van der Waals surface area contributed by atoms with Crippen molar-refractivity contribution in [3.8, 4) is 0 Å². The van der Waals surface area contributed by atoms with E-state index in [4.69, 9.17) is 10.8 Å². The minimum Gasteiger partial charge on any atom is -0.478 e. The molecule has 0 aliphatic rings. The highest BCUT2D eigenvalue weighted by Gasteiger charge is 2.12. The van der Waals surface area contributed by atoms with Crippen LogP contribution in [0.5, 0.6) is 0 Å². The van der Waals surface area contributed by atoms with E-state index < -0.39 is 5.97 Å². The number of aryl methyl sites for hydroxylation is 1. The smallest absolute Gasteiger partial charge is 0.337 e. The number of rotatable bonds is 4. The summed E-state index contributed by atoms with van der Waals surface area (Å²) in [7, 11) is 0. The largest absolute Gasteiger partial charge is 0.478 e. The van der Waals surface area contributed by atoms with Crippen LogP contribution in [0.25, 0.3) is 0 Å². The molecule has 0 aromatic heterocycles. The van der Waals surface area contributed by atoms with Gasteiger partial charge in [0.2, 0.25) is 0 Å². The summed E-state index contributed by atoms with van der Waals surface area (Å²) in [6, 6.07) is 13.2. The highest BCUT2D eigenvalue weighted by molar-refractivity contribution is 5.94. The van der Waals surface area contributed by atoms with E-state index in [0.29, 0.717) is 0 Å². The molecule has 4 nitrogen and oxygen atoms in total. The SMILES string of the molecule is CCN(c1cccc(C)c1)c1ccc(C(=O)O)c(N)c1. The maximum Gasteiger partial charge on any atom is 0.337 e. The first-order valence-corrected chi connectivity index (χ1v) is 6.50. The van der Waals surface area contributed by atoms with E-state index in [1.807, 2.05) is 32.0 Å². The fourth-order valence-electron chi connectivity index (χ4n) is 2.22. The van der Waals surface area contributed by atoms with Crippen LogP contribution in [0.4, 0.5) is 17.1 Å². The second-order valence-electron chi connectivity index (χ2n) is 4.66. The molecular formula is C16H18N2O2. The molecule has 0 atom stereocenters. The van der Waals surface area contributed by atoms with Crippen molar-refractivity contribution in [1.29, 1.82) is 0 Å². The number of carbonyl (C=O) groups is 1. The number of aromatic carboxylic acids is 1. The highest BCUT2D eigenvalue weighted by atomic mass is 16.4. The van der Waals surface area contributed by atoms with E-state index in [9.17, 15) is 4.79 Å². The summed E-state index contributed by atoms with van der Waals surface area (Å²) < 4.78 is 0. The molecule has 0 unspecified atom stereocenters. The van der Waals surface area contributed by atoms with Crippen LogP contribution in [0.15, 0.2) is 42.5 Å². The Morgan fingerprint density at radius 3 is 2.45 bits per heavy atom. The molecule has 0 amide bonds. The quantitative estimate of drug-likeness (QED) is 0.835. The van der Waals surface area contributed by atoms with Gasteiger partial charge in [0.25, 0.3) is 0 Å². The molecule has 0 saturated heterocycles. The van der Waals surface area contributed by atoms with Crippen molar-refractivity contribution in [2.24, 2.45) is 0 Å². The van der Waals surface area contributed by atoms with Crippen molar-refractivity contribution >= 4 is 23.0 Å². The molecular weight excluding hydrogens is 252 g/mol. The number of carboxylic acid groups (broad SMARTS) is 1. The lowest BCUT2D eigenvalue weighted by Gasteiger charge is -2.24. The zero-order valence-electron chi connectivity index (χ0n) is 11.6. The summed E-state index contributed by atoms with van der Waals surface area (Å²) in [6.45, 7) is 4.86. The molecule has 0 saturated carbocycles. The average molecular weight is 270 g/mol. The third-order valence-electron chi connectivity index (χ3n) is 3.21. The number of hydrogen-bond acceptors (Lipinski definition) is 3. The molecule has 0 fully saturated rings. The van der Waals surface area contributed by atoms with Gasteiger partial charge in [0.05, 0.1) is 5.56 Å². The zero-order chi connectivity index (χ0) is 14.7. The molecule has 4 heteroatoms. The van der Waals surface area contributed by atoms with Crippen LogP contribution in [0.1, 0.15) is 22.8 Å². The Bertz CT molecular complexity index is 638. The van der Waals surface area contributed by atoms with Gasteiger partial charge < -0.3 is 15.7 Å². The first kappa shape index (κ1) is 13.9. The number of benzene rings is 2. The van der Waals surface area contributed by atoms with Crippen LogP contribution in [0, 0.1) is 6.92 Å². The summed E-state index contributed by atoms with van der Waals surface area (Å²) in [5.74, 6) is -1.01. The Morgan fingerprint density at radius 1 is 1.20 bits per heavy atom. The van der Waals surface area contributed by atoms with Crippen LogP contribution in [-0.2, 0) is 0 Å². The molecule has 0 heterocycles. The molecule has 3 N–H and O–H groups in total. The van der Waals surface area contributed by atoms with Crippen molar-refractivity contribution in [3.63, 3.8) is 0 Å². The summed E-state index contributed by atoms with van der Waals surface area (Å²) in [5, 5.41) is 9.01. The molecule has 20 heavy (non-hydrogen) atoms. The van der Waals surface area contributed by atoms with Crippen molar-refractivity contribution in [1.82, 2.24) is 0 Å². The molecule has 0 spiro atoms. The zero-order valence-corrected chi connectivity index (χ0v) is 11.6. The van der Waals surface area contributed by atoms with Gasteiger partial charge in [0.15, 0.2) is 0 Å². The highest BCUT2D eigenvalue weighted by Crippen LogP contribution is 2.28. The normalized spacial score (nSPS) is 10.3. The molecule has 0 aliphatic heterocycles. The topological polar surface area (TPSA) is 66.6 Å². The van der Waals surface area contributed by atoms with Crippen LogP contribution < -0.4 is 10.6 Å². The predicted octanol–water partition coefficient (Wildman–Crippen LogP) is 3.43. The number of anilines is 3. The molecule has 0 bridgehead atoms. The third-order valence-corrected chi connectivity index (χ3v) is 3.21. The van der Waals surface area contributed by atoms with E-state index in [-0.39, 0.29) is 11.3 Å². The summed E-state index contributed by atoms with van der Waals surface area (Å²) >= 11 is 0. The fraction of sp³-hybridized carbons (Fsp3) is 0.188. The van der Waals surface area contributed by atoms with Crippen molar-refractivity contribution in [3.05, 3.63) is 53.6 Å². The number of hydrogen-bond donors (Lipinski definition) is 2. The Morgan fingerprint density at radius 2 is 1.90 bits per heavy atom. The monoisotopic (exact) mass is 270 g/mol.